The highest BCUT2D eigenvalue weighted by Gasteiger charge is 2.51. The minimum absolute atomic E-state index is 0.00183. The third-order valence-corrected chi connectivity index (χ3v) is 4.67. The zero-order valence-corrected chi connectivity index (χ0v) is 11.2. The maximum Gasteiger partial charge on any atom is 0.317 e. The van der Waals surface area contributed by atoms with Crippen LogP contribution in [0.15, 0.2) is 0 Å². The molecular formula is C13H19N3O4. The number of amides is 3. The summed E-state index contributed by atoms with van der Waals surface area (Å²) in [4.78, 5) is 36.2. The van der Waals surface area contributed by atoms with E-state index in [0.29, 0.717) is 19.4 Å². The lowest BCUT2D eigenvalue weighted by atomic mass is 9.89. The van der Waals surface area contributed by atoms with E-state index in [1.807, 2.05) is 0 Å². The first-order chi connectivity index (χ1) is 9.56. The van der Waals surface area contributed by atoms with E-state index < -0.39 is 11.9 Å². The summed E-state index contributed by atoms with van der Waals surface area (Å²) >= 11 is 0. The number of nitrogens with zero attached hydrogens (tertiary/aromatic N) is 1. The van der Waals surface area contributed by atoms with Crippen molar-refractivity contribution in [1.29, 1.82) is 0 Å². The maximum atomic E-state index is 12.2. The fraction of sp³-hybridized carbons (Fsp3) is 0.769. The number of urea groups is 1. The second-order valence-electron chi connectivity index (χ2n) is 5.88. The number of carboxylic acid groups (broad SMARTS) is 1. The lowest BCUT2D eigenvalue weighted by Gasteiger charge is -2.24. The van der Waals surface area contributed by atoms with Crippen LogP contribution in [-0.2, 0) is 9.59 Å². The van der Waals surface area contributed by atoms with Crippen LogP contribution >= 0.6 is 0 Å². The smallest absolute Gasteiger partial charge is 0.317 e. The first-order valence-electron chi connectivity index (χ1n) is 7.14. The molecule has 3 aliphatic heterocycles. The molecule has 7 heteroatoms. The average molecular weight is 281 g/mol. The Hall–Kier alpha value is -1.79. The Kier molecular flexibility index (Phi) is 3.27. The number of fused-ring (bicyclic) bond motifs is 2. The van der Waals surface area contributed by atoms with Crippen LogP contribution in [0.3, 0.4) is 0 Å². The molecule has 2 bridgehead atoms. The van der Waals surface area contributed by atoms with Crippen molar-refractivity contribution in [3.63, 3.8) is 0 Å². The van der Waals surface area contributed by atoms with Gasteiger partial charge in [-0.05, 0) is 25.7 Å². The van der Waals surface area contributed by atoms with Crippen molar-refractivity contribution in [3.8, 4) is 0 Å². The van der Waals surface area contributed by atoms with Crippen LogP contribution in [0.1, 0.15) is 32.1 Å². The quantitative estimate of drug-likeness (QED) is 0.673. The molecule has 20 heavy (non-hydrogen) atoms. The van der Waals surface area contributed by atoms with Crippen molar-refractivity contribution in [2.75, 3.05) is 6.54 Å². The zero-order valence-electron chi connectivity index (χ0n) is 11.2. The molecule has 3 heterocycles. The Morgan fingerprint density at radius 1 is 1.35 bits per heavy atom. The Bertz CT molecular complexity index is 453. The SMILES string of the molecule is O=C1CCC(CNC(=O)N2C3CCC2C(C(=O)O)C3)N1. The zero-order chi connectivity index (χ0) is 14.3. The third-order valence-electron chi connectivity index (χ3n) is 4.67. The standard InChI is InChI=1S/C13H19N3O4/c17-11-4-1-7(15-11)6-14-13(20)16-8-2-3-10(16)9(5-8)12(18)19/h7-10H,1-6H2,(H,14,20)(H,15,17)(H,18,19). The molecule has 7 nitrogen and oxygen atoms in total. The molecule has 0 spiro atoms. The fourth-order valence-corrected chi connectivity index (χ4v) is 3.70. The van der Waals surface area contributed by atoms with E-state index in [1.165, 1.54) is 0 Å². The number of carbonyl (C=O) groups is 3. The lowest BCUT2D eigenvalue weighted by molar-refractivity contribution is -0.142. The van der Waals surface area contributed by atoms with Gasteiger partial charge >= 0.3 is 12.0 Å². The van der Waals surface area contributed by atoms with Gasteiger partial charge in [0, 0.05) is 31.1 Å². The van der Waals surface area contributed by atoms with Crippen LogP contribution in [-0.4, -0.2) is 52.6 Å². The van der Waals surface area contributed by atoms with Gasteiger partial charge in [-0.3, -0.25) is 9.59 Å². The van der Waals surface area contributed by atoms with E-state index in [1.54, 1.807) is 4.90 Å². The topological polar surface area (TPSA) is 98.7 Å². The van der Waals surface area contributed by atoms with Gasteiger partial charge in [-0.25, -0.2) is 4.79 Å². The highest BCUT2D eigenvalue weighted by molar-refractivity contribution is 5.80. The van der Waals surface area contributed by atoms with Crippen LogP contribution in [0, 0.1) is 5.92 Å². The van der Waals surface area contributed by atoms with Gasteiger partial charge in [0.25, 0.3) is 0 Å². The number of hydrogen-bond donors (Lipinski definition) is 3. The van der Waals surface area contributed by atoms with Crippen LogP contribution in [0.4, 0.5) is 4.79 Å². The molecule has 0 radical (unpaired) electrons. The lowest BCUT2D eigenvalue weighted by Crippen LogP contribution is -2.47. The molecule has 0 aromatic rings. The van der Waals surface area contributed by atoms with Gasteiger partial charge in [0.05, 0.1) is 5.92 Å². The molecule has 3 saturated heterocycles. The van der Waals surface area contributed by atoms with E-state index in [9.17, 15) is 14.4 Å². The largest absolute Gasteiger partial charge is 0.481 e. The van der Waals surface area contributed by atoms with E-state index >= 15 is 0 Å². The molecule has 3 rings (SSSR count). The van der Waals surface area contributed by atoms with Crippen molar-refractivity contribution in [1.82, 2.24) is 15.5 Å². The molecule has 4 atom stereocenters. The third kappa shape index (κ3) is 2.21. The Balaban J connectivity index is 1.55. The van der Waals surface area contributed by atoms with E-state index in [0.717, 1.165) is 19.3 Å². The molecule has 0 aromatic heterocycles. The minimum Gasteiger partial charge on any atom is -0.481 e. The summed E-state index contributed by atoms with van der Waals surface area (Å²) in [6, 6.07) is -0.306. The van der Waals surface area contributed by atoms with E-state index in [4.69, 9.17) is 5.11 Å². The fourth-order valence-electron chi connectivity index (χ4n) is 3.70. The van der Waals surface area contributed by atoms with Gasteiger partial charge in [0.1, 0.15) is 0 Å². The molecule has 0 saturated carbocycles. The summed E-state index contributed by atoms with van der Waals surface area (Å²) in [6.45, 7) is 0.415. The highest BCUT2D eigenvalue weighted by Crippen LogP contribution is 2.41. The maximum absolute atomic E-state index is 12.2. The minimum atomic E-state index is -0.807. The monoisotopic (exact) mass is 281 g/mol. The second kappa shape index (κ2) is 4.96. The normalized spacial score (nSPS) is 35.2. The Morgan fingerprint density at radius 2 is 2.15 bits per heavy atom. The summed E-state index contributed by atoms with van der Waals surface area (Å²) in [5, 5.41) is 14.8. The van der Waals surface area contributed by atoms with Crippen molar-refractivity contribution in [2.45, 2.75) is 50.2 Å². The molecule has 110 valence electrons. The van der Waals surface area contributed by atoms with Crippen molar-refractivity contribution < 1.29 is 19.5 Å². The molecule has 0 aromatic carbocycles. The predicted molar refractivity (Wildman–Crippen MR) is 69.0 cm³/mol. The van der Waals surface area contributed by atoms with Crippen LogP contribution in [0.5, 0.6) is 0 Å². The Labute approximate surface area is 116 Å². The number of aliphatic carboxylic acids is 1. The second-order valence-corrected chi connectivity index (χ2v) is 5.88. The van der Waals surface area contributed by atoms with E-state index in [-0.39, 0.29) is 30.1 Å². The average Bonchev–Trinajstić information content (AvgIpc) is 3.09. The molecule has 3 aliphatic rings. The van der Waals surface area contributed by atoms with Crippen LogP contribution in [0.25, 0.3) is 0 Å². The number of hydrogen-bond acceptors (Lipinski definition) is 3. The molecule has 3 amide bonds. The van der Waals surface area contributed by atoms with Crippen LogP contribution in [0.2, 0.25) is 0 Å². The molecule has 0 aliphatic carbocycles. The summed E-state index contributed by atoms with van der Waals surface area (Å²) in [5.41, 5.74) is 0. The van der Waals surface area contributed by atoms with E-state index in [2.05, 4.69) is 10.6 Å². The predicted octanol–water partition coefficient (Wildman–Crippen LogP) is -0.0879. The van der Waals surface area contributed by atoms with Gasteiger partial charge in [0.15, 0.2) is 0 Å². The summed E-state index contributed by atoms with van der Waals surface area (Å²) < 4.78 is 0. The number of nitrogens with one attached hydrogen (secondary N) is 2. The first kappa shape index (κ1) is 13.2. The van der Waals surface area contributed by atoms with Gasteiger partial charge in [-0.2, -0.15) is 0 Å². The number of carboxylic acids is 1. The van der Waals surface area contributed by atoms with Crippen molar-refractivity contribution in [2.24, 2.45) is 5.92 Å². The van der Waals surface area contributed by atoms with Gasteiger partial charge in [-0.15, -0.1) is 0 Å². The molecule has 3 fully saturated rings. The number of carbonyl (C=O) groups excluding carboxylic acids is 2. The number of rotatable bonds is 3. The highest BCUT2D eigenvalue weighted by atomic mass is 16.4. The van der Waals surface area contributed by atoms with Crippen molar-refractivity contribution >= 4 is 17.9 Å². The summed E-state index contributed by atoms with van der Waals surface area (Å²) in [7, 11) is 0. The van der Waals surface area contributed by atoms with Gasteiger partial charge in [-0.1, -0.05) is 0 Å². The Morgan fingerprint density at radius 3 is 2.75 bits per heavy atom. The van der Waals surface area contributed by atoms with Crippen molar-refractivity contribution in [3.05, 3.63) is 0 Å². The van der Waals surface area contributed by atoms with Crippen LogP contribution < -0.4 is 10.6 Å². The first-order valence-corrected chi connectivity index (χ1v) is 7.14. The molecule has 4 unspecified atom stereocenters. The molecular weight excluding hydrogens is 262 g/mol. The molecule has 3 N–H and O–H groups in total. The van der Waals surface area contributed by atoms with Gasteiger partial charge in [0.2, 0.25) is 5.91 Å². The van der Waals surface area contributed by atoms with Gasteiger partial charge < -0.3 is 20.6 Å². The summed E-state index contributed by atoms with van der Waals surface area (Å²) in [5.74, 6) is -1.21. The summed E-state index contributed by atoms with van der Waals surface area (Å²) in [6.07, 6.45) is 3.48.